The fraction of sp³-hybridized carbons (Fsp3) is 0.267. The fourth-order valence-corrected chi connectivity index (χ4v) is 2.47. The van der Waals surface area contributed by atoms with Gasteiger partial charge >= 0.3 is 0 Å². The van der Waals surface area contributed by atoms with Crippen molar-refractivity contribution in [3.05, 3.63) is 42.4 Å². The van der Waals surface area contributed by atoms with Crippen LogP contribution in [0.1, 0.15) is 12.7 Å². The Labute approximate surface area is 128 Å². The first-order valence-electron chi connectivity index (χ1n) is 6.75. The van der Waals surface area contributed by atoms with E-state index in [1.807, 2.05) is 42.2 Å². The van der Waals surface area contributed by atoms with Crippen molar-refractivity contribution in [1.82, 2.24) is 5.32 Å². The topological polar surface area (TPSA) is 46.9 Å². The fourth-order valence-electron chi connectivity index (χ4n) is 2.17. The zero-order valence-corrected chi connectivity index (χ0v) is 12.5. The van der Waals surface area contributed by atoms with E-state index in [2.05, 4.69) is 5.32 Å². The Balaban J connectivity index is 1.70. The maximum absolute atomic E-state index is 5.46. The Morgan fingerprint density at radius 1 is 1.29 bits per heavy atom. The van der Waals surface area contributed by atoms with Crippen LogP contribution >= 0.6 is 12.2 Å². The average molecular weight is 304 g/mol. The first-order valence-corrected chi connectivity index (χ1v) is 7.16. The Bertz CT molecular complexity index is 628. The summed E-state index contributed by atoms with van der Waals surface area (Å²) in [5.41, 5.74) is 0.971. The van der Waals surface area contributed by atoms with Gasteiger partial charge in [0.1, 0.15) is 5.76 Å². The Hall–Kier alpha value is -2.21. The first kappa shape index (κ1) is 13.8. The number of nitrogens with one attached hydrogen (secondary N) is 1. The van der Waals surface area contributed by atoms with Crippen molar-refractivity contribution in [3.63, 3.8) is 0 Å². The van der Waals surface area contributed by atoms with Gasteiger partial charge in [0.05, 0.1) is 12.8 Å². The lowest BCUT2D eigenvalue weighted by Gasteiger charge is -2.24. The van der Waals surface area contributed by atoms with Gasteiger partial charge in [-0.2, -0.15) is 0 Å². The molecule has 110 valence electrons. The summed E-state index contributed by atoms with van der Waals surface area (Å²) < 4.78 is 16.0. The third-order valence-corrected chi connectivity index (χ3v) is 3.59. The van der Waals surface area contributed by atoms with Gasteiger partial charge < -0.3 is 24.1 Å². The standard InChI is InChI=1S/C15H16N2O3S/c1-2-17(15(21)16-9-12-4-3-7-18-12)11-5-6-13-14(8-11)20-10-19-13/h3-8H,2,9-10H2,1H3,(H,16,21). The number of thiocarbonyl (C=S) groups is 1. The number of fused-ring (bicyclic) bond motifs is 1. The molecule has 0 saturated carbocycles. The molecule has 0 fully saturated rings. The monoisotopic (exact) mass is 304 g/mol. The summed E-state index contributed by atoms with van der Waals surface area (Å²) in [5.74, 6) is 2.36. The lowest BCUT2D eigenvalue weighted by atomic mass is 10.2. The van der Waals surface area contributed by atoms with Crippen LogP contribution in [0.5, 0.6) is 11.5 Å². The van der Waals surface area contributed by atoms with Gasteiger partial charge in [-0.1, -0.05) is 0 Å². The van der Waals surface area contributed by atoms with Gasteiger partial charge in [-0.25, -0.2) is 0 Å². The summed E-state index contributed by atoms with van der Waals surface area (Å²) in [6.45, 7) is 3.63. The Kier molecular flexibility index (Phi) is 3.96. The van der Waals surface area contributed by atoms with E-state index in [0.717, 1.165) is 29.5 Å². The molecule has 5 nitrogen and oxygen atoms in total. The molecular weight excluding hydrogens is 288 g/mol. The van der Waals surface area contributed by atoms with Gasteiger partial charge in [-0.15, -0.1) is 0 Å². The van der Waals surface area contributed by atoms with Crippen molar-refractivity contribution in [3.8, 4) is 11.5 Å². The van der Waals surface area contributed by atoms with Crippen LogP contribution in [-0.2, 0) is 6.54 Å². The molecule has 1 aromatic carbocycles. The number of ether oxygens (including phenoxy) is 2. The molecule has 21 heavy (non-hydrogen) atoms. The lowest BCUT2D eigenvalue weighted by Crippen LogP contribution is -2.39. The normalized spacial score (nSPS) is 12.2. The molecule has 0 spiro atoms. The smallest absolute Gasteiger partial charge is 0.231 e. The average Bonchev–Trinajstić information content (AvgIpc) is 3.16. The van der Waals surface area contributed by atoms with E-state index in [1.165, 1.54) is 0 Å². The SMILES string of the molecule is CCN(C(=S)NCc1ccco1)c1ccc2c(c1)OCO2. The van der Waals surface area contributed by atoms with Gasteiger partial charge in [0.2, 0.25) is 6.79 Å². The largest absolute Gasteiger partial charge is 0.467 e. The molecule has 2 heterocycles. The van der Waals surface area contributed by atoms with E-state index in [9.17, 15) is 0 Å². The number of nitrogens with zero attached hydrogens (tertiary/aromatic N) is 1. The van der Waals surface area contributed by atoms with Crippen LogP contribution in [-0.4, -0.2) is 18.5 Å². The number of hydrogen-bond acceptors (Lipinski definition) is 4. The second-order valence-electron chi connectivity index (χ2n) is 4.52. The molecule has 0 radical (unpaired) electrons. The van der Waals surface area contributed by atoms with E-state index in [1.54, 1.807) is 6.26 Å². The number of rotatable bonds is 4. The molecule has 0 saturated heterocycles. The highest BCUT2D eigenvalue weighted by Crippen LogP contribution is 2.35. The van der Waals surface area contributed by atoms with Crippen molar-refractivity contribution >= 4 is 23.0 Å². The summed E-state index contributed by atoms with van der Waals surface area (Å²) in [4.78, 5) is 2.00. The molecule has 3 rings (SSSR count). The van der Waals surface area contributed by atoms with Crippen molar-refractivity contribution in [2.75, 3.05) is 18.2 Å². The molecule has 1 N–H and O–H groups in total. The Morgan fingerprint density at radius 2 is 2.14 bits per heavy atom. The summed E-state index contributed by atoms with van der Waals surface area (Å²) >= 11 is 5.46. The van der Waals surface area contributed by atoms with E-state index < -0.39 is 0 Å². The molecule has 0 unspecified atom stereocenters. The summed E-state index contributed by atoms with van der Waals surface area (Å²) in [6, 6.07) is 9.57. The predicted octanol–water partition coefficient (Wildman–Crippen LogP) is 2.91. The Morgan fingerprint density at radius 3 is 2.90 bits per heavy atom. The first-order chi connectivity index (χ1) is 10.3. The number of benzene rings is 1. The van der Waals surface area contributed by atoms with Crippen molar-refractivity contribution in [2.45, 2.75) is 13.5 Å². The van der Waals surface area contributed by atoms with Crippen LogP contribution in [0.3, 0.4) is 0 Å². The molecule has 1 aromatic heterocycles. The maximum Gasteiger partial charge on any atom is 0.231 e. The molecule has 6 heteroatoms. The molecule has 0 amide bonds. The second-order valence-corrected chi connectivity index (χ2v) is 4.91. The van der Waals surface area contributed by atoms with Gasteiger partial charge in [0.25, 0.3) is 0 Å². The minimum absolute atomic E-state index is 0.270. The van der Waals surface area contributed by atoms with Gasteiger partial charge in [0.15, 0.2) is 16.6 Å². The molecule has 0 bridgehead atoms. The highest BCUT2D eigenvalue weighted by atomic mass is 32.1. The second kappa shape index (κ2) is 6.05. The van der Waals surface area contributed by atoms with E-state index >= 15 is 0 Å². The van der Waals surface area contributed by atoms with Crippen LogP contribution in [0.25, 0.3) is 0 Å². The zero-order valence-electron chi connectivity index (χ0n) is 11.7. The number of hydrogen-bond donors (Lipinski definition) is 1. The minimum atomic E-state index is 0.270. The van der Waals surface area contributed by atoms with Crippen LogP contribution in [0, 0.1) is 0 Å². The van der Waals surface area contributed by atoms with Gasteiger partial charge in [-0.3, -0.25) is 0 Å². The number of anilines is 1. The maximum atomic E-state index is 5.46. The van der Waals surface area contributed by atoms with Gasteiger partial charge in [0, 0.05) is 18.3 Å². The summed E-state index contributed by atoms with van der Waals surface area (Å²) in [5, 5.41) is 3.84. The van der Waals surface area contributed by atoms with Crippen molar-refractivity contribution < 1.29 is 13.9 Å². The van der Waals surface area contributed by atoms with E-state index in [4.69, 9.17) is 26.1 Å². The van der Waals surface area contributed by atoms with E-state index in [-0.39, 0.29) is 6.79 Å². The molecule has 1 aliphatic rings. The third-order valence-electron chi connectivity index (χ3n) is 3.22. The van der Waals surface area contributed by atoms with Crippen LogP contribution < -0.4 is 19.7 Å². The highest BCUT2D eigenvalue weighted by Gasteiger charge is 2.17. The molecule has 0 aliphatic carbocycles. The van der Waals surface area contributed by atoms with Crippen LogP contribution in [0.15, 0.2) is 41.0 Å². The molecule has 0 atom stereocenters. The quantitative estimate of drug-likeness (QED) is 0.876. The van der Waals surface area contributed by atoms with Crippen LogP contribution in [0.2, 0.25) is 0 Å². The van der Waals surface area contributed by atoms with Crippen molar-refractivity contribution in [1.29, 1.82) is 0 Å². The summed E-state index contributed by atoms with van der Waals surface area (Å²) in [7, 11) is 0. The lowest BCUT2D eigenvalue weighted by molar-refractivity contribution is 0.174. The number of furan rings is 1. The highest BCUT2D eigenvalue weighted by molar-refractivity contribution is 7.80. The van der Waals surface area contributed by atoms with E-state index in [0.29, 0.717) is 11.7 Å². The predicted molar refractivity (Wildman–Crippen MR) is 83.7 cm³/mol. The zero-order chi connectivity index (χ0) is 14.7. The summed E-state index contributed by atoms with van der Waals surface area (Å²) in [6.07, 6.45) is 1.65. The third kappa shape index (κ3) is 2.95. The van der Waals surface area contributed by atoms with Crippen molar-refractivity contribution in [2.24, 2.45) is 0 Å². The molecule has 2 aromatic rings. The van der Waals surface area contributed by atoms with Gasteiger partial charge in [-0.05, 0) is 43.4 Å². The molecular formula is C15H16N2O3S. The minimum Gasteiger partial charge on any atom is -0.467 e. The van der Waals surface area contributed by atoms with Crippen LogP contribution in [0.4, 0.5) is 5.69 Å². The molecule has 1 aliphatic heterocycles.